The average molecular weight is 254 g/mol. The van der Waals surface area contributed by atoms with Gasteiger partial charge in [0.05, 0.1) is 0 Å². The molecule has 1 aliphatic carbocycles. The third-order valence-electron chi connectivity index (χ3n) is 3.24. The molecule has 2 rings (SSSR count). The average Bonchev–Trinajstić information content (AvgIpc) is 2.62. The van der Waals surface area contributed by atoms with Crippen LogP contribution in [0.4, 0.5) is 10.8 Å². The molecule has 1 aliphatic rings. The fourth-order valence-corrected chi connectivity index (χ4v) is 2.67. The molecule has 1 saturated carbocycles. The lowest BCUT2D eigenvalue weighted by atomic mass is 9.83. The van der Waals surface area contributed by atoms with Crippen LogP contribution in [0.25, 0.3) is 0 Å². The normalized spacial score (nSPS) is 15.4. The van der Waals surface area contributed by atoms with Gasteiger partial charge in [-0.25, -0.2) is 0 Å². The number of nitrogens with one attached hydrogen (secondary N) is 2. The Morgan fingerprint density at radius 1 is 1.59 bits per heavy atom. The van der Waals surface area contributed by atoms with Crippen LogP contribution in [0.3, 0.4) is 0 Å². The first-order valence-electron chi connectivity index (χ1n) is 5.93. The highest BCUT2D eigenvalue weighted by Crippen LogP contribution is 2.30. The Kier molecular flexibility index (Phi) is 3.83. The quantitative estimate of drug-likeness (QED) is 0.747. The Morgan fingerprint density at radius 2 is 2.35 bits per heavy atom. The Morgan fingerprint density at radius 3 is 2.94 bits per heavy atom. The van der Waals surface area contributed by atoms with E-state index >= 15 is 0 Å². The predicted molar refractivity (Wildman–Crippen MR) is 70.4 cm³/mol. The van der Waals surface area contributed by atoms with Crippen LogP contribution in [0.5, 0.6) is 0 Å². The molecule has 1 aromatic rings. The van der Waals surface area contributed by atoms with Gasteiger partial charge in [0.15, 0.2) is 5.82 Å². The van der Waals surface area contributed by atoms with Crippen LogP contribution in [-0.4, -0.2) is 23.9 Å². The summed E-state index contributed by atoms with van der Waals surface area (Å²) in [7, 11) is 1.59. The molecule has 0 bridgehead atoms. The second-order valence-electron chi connectivity index (χ2n) is 4.36. The lowest BCUT2D eigenvalue weighted by Crippen LogP contribution is -2.21. The molecule has 1 fully saturated rings. The number of nitrogen functional groups attached to an aromatic ring is 1. The minimum Gasteiger partial charge on any atom is -0.382 e. The molecule has 1 amide bonds. The molecular formula is C11H18N4OS. The van der Waals surface area contributed by atoms with E-state index in [1.165, 1.54) is 30.8 Å². The first-order valence-corrected chi connectivity index (χ1v) is 6.70. The minimum absolute atomic E-state index is 0.178. The second-order valence-corrected chi connectivity index (χ2v) is 5.14. The Bertz CT molecular complexity index is 400. The summed E-state index contributed by atoms with van der Waals surface area (Å²) < 4.78 is 4.01. The molecule has 0 aliphatic heterocycles. The minimum atomic E-state index is -0.178. The standard InChI is InChI=1S/C11H18N4OS/c1-13-10(16)8-9(12)15-17-11(8)14-6-5-7-3-2-4-7/h7,14H,2-6H2,1H3,(H2,12,15)(H,13,16). The largest absolute Gasteiger partial charge is 0.382 e. The van der Waals surface area contributed by atoms with Gasteiger partial charge in [-0.05, 0) is 23.9 Å². The number of hydrogen-bond donors (Lipinski definition) is 3. The van der Waals surface area contributed by atoms with E-state index in [4.69, 9.17) is 5.73 Å². The van der Waals surface area contributed by atoms with Gasteiger partial charge in [-0.15, -0.1) is 0 Å². The first kappa shape index (κ1) is 12.2. The lowest BCUT2D eigenvalue weighted by molar-refractivity contribution is 0.0965. The van der Waals surface area contributed by atoms with Crippen molar-refractivity contribution in [2.24, 2.45) is 5.92 Å². The Labute approximate surface area is 105 Å². The van der Waals surface area contributed by atoms with Crippen molar-refractivity contribution < 1.29 is 4.79 Å². The zero-order valence-electron chi connectivity index (χ0n) is 9.95. The summed E-state index contributed by atoms with van der Waals surface area (Å²) in [5.41, 5.74) is 6.16. The van der Waals surface area contributed by atoms with Crippen LogP contribution in [0, 0.1) is 5.92 Å². The van der Waals surface area contributed by atoms with Crippen molar-refractivity contribution in [3.05, 3.63) is 5.56 Å². The monoisotopic (exact) mass is 254 g/mol. The van der Waals surface area contributed by atoms with Gasteiger partial charge >= 0.3 is 0 Å². The molecule has 17 heavy (non-hydrogen) atoms. The number of rotatable bonds is 5. The molecule has 5 nitrogen and oxygen atoms in total. The van der Waals surface area contributed by atoms with E-state index in [0.29, 0.717) is 11.4 Å². The van der Waals surface area contributed by atoms with Crippen molar-refractivity contribution in [3.8, 4) is 0 Å². The molecule has 0 spiro atoms. The topological polar surface area (TPSA) is 80.0 Å². The van der Waals surface area contributed by atoms with Gasteiger partial charge < -0.3 is 16.4 Å². The smallest absolute Gasteiger partial charge is 0.257 e. The predicted octanol–water partition coefficient (Wildman–Crippen LogP) is 1.69. The van der Waals surface area contributed by atoms with Gasteiger partial charge in [-0.3, -0.25) is 4.79 Å². The molecule has 0 atom stereocenters. The van der Waals surface area contributed by atoms with E-state index < -0.39 is 0 Å². The van der Waals surface area contributed by atoms with E-state index in [9.17, 15) is 4.79 Å². The molecule has 0 radical (unpaired) electrons. The zero-order chi connectivity index (χ0) is 12.3. The van der Waals surface area contributed by atoms with E-state index in [1.807, 2.05) is 0 Å². The third kappa shape index (κ3) is 2.69. The van der Waals surface area contributed by atoms with Crippen molar-refractivity contribution in [2.45, 2.75) is 25.7 Å². The fraction of sp³-hybridized carbons (Fsp3) is 0.636. The van der Waals surface area contributed by atoms with Crippen LogP contribution < -0.4 is 16.4 Å². The Hall–Kier alpha value is -1.30. The lowest BCUT2D eigenvalue weighted by Gasteiger charge is -2.25. The number of nitrogens with zero attached hydrogens (tertiary/aromatic N) is 1. The summed E-state index contributed by atoms with van der Waals surface area (Å²) in [6, 6.07) is 0. The van der Waals surface area contributed by atoms with Crippen LogP contribution in [-0.2, 0) is 0 Å². The summed E-state index contributed by atoms with van der Waals surface area (Å²) in [4.78, 5) is 11.6. The van der Waals surface area contributed by atoms with Gasteiger partial charge in [0.25, 0.3) is 5.91 Å². The van der Waals surface area contributed by atoms with Crippen molar-refractivity contribution in [1.29, 1.82) is 0 Å². The van der Waals surface area contributed by atoms with Crippen molar-refractivity contribution >= 4 is 28.3 Å². The number of hydrogen-bond acceptors (Lipinski definition) is 5. The van der Waals surface area contributed by atoms with Crippen LogP contribution >= 0.6 is 11.5 Å². The van der Waals surface area contributed by atoms with Gasteiger partial charge in [0.2, 0.25) is 0 Å². The first-order chi connectivity index (χ1) is 8.22. The molecule has 1 aromatic heterocycles. The maximum absolute atomic E-state index is 11.6. The molecule has 0 aromatic carbocycles. The van der Waals surface area contributed by atoms with Crippen LogP contribution in [0.15, 0.2) is 0 Å². The van der Waals surface area contributed by atoms with Crippen LogP contribution in [0.1, 0.15) is 36.0 Å². The molecule has 1 heterocycles. The van der Waals surface area contributed by atoms with E-state index in [1.54, 1.807) is 7.05 Å². The fourth-order valence-electron chi connectivity index (χ4n) is 1.94. The van der Waals surface area contributed by atoms with E-state index in [-0.39, 0.29) is 5.91 Å². The summed E-state index contributed by atoms with van der Waals surface area (Å²) in [6.07, 6.45) is 5.20. The maximum Gasteiger partial charge on any atom is 0.257 e. The Balaban J connectivity index is 1.92. The summed E-state index contributed by atoms with van der Waals surface area (Å²) in [5.74, 6) is 0.985. The van der Waals surface area contributed by atoms with Gasteiger partial charge in [-0.2, -0.15) is 4.37 Å². The number of aromatic nitrogens is 1. The van der Waals surface area contributed by atoms with E-state index in [2.05, 4.69) is 15.0 Å². The number of carbonyl (C=O) groups is 1. The maximum atomic E-state index is 11.6. The van der Waals surface area contributed by atoms with Crippen molar-refractivity contribution in [3.63, 3.8) is 0 Å². The summed E-state index contributed by atoms with van der Waals surface area (Å²) in [6.45, 7) is 0.885. The molecule has 4 N–H and O–H groups in total. The summed E-state index contributed by atoms with van der Waals surface area (Å²) >= 11 is 1.25. The molecule has 0 saturated heterocycles. The molecular weight excluding hydrogens is 236 g/mol. The second kappa shape index (κ2) is 5.35. The van der Waals surface area contributed by atoms with Crippen molar-refractivity contribution in [2.75, 3.05) is 24.6 Å². The third-order valence-corrected chi connectivity index (χ3v) is 4.05. The van der Waals surface area contributed by atoms with Gasteiger partial charge in [0, 0.05) is 13.6 Å². The highest BCUT2D eigenvalue weighted by molar-refractivity contribution is 7.11. The van der Waals surface area contributed by atoms with E-state index in [0.717, 1.165) is 23.9 Å². The van der Waals surface area contributed by atoms with Crippen molar-refractivity contribution in [1.82, 2.24) is 9.69 Å². The molecule has 0 unspecified atom stereocenters. The van der Waals surface area contributed by atoms with Crippen LogP contribution in [0.2, 0.25) is 0 Å². The highest BCUT2D eigenvalue weighted by atomic mass is 32.1. The number of nitrogens with two attached hydrogens (primary N) is 1. The SMILES string of the molecule is CNC(=O)c1c(N)nsc1NCCC1CCC1. The number of amides is 1. The van der Waals surface area contributed by atoms with Gasteiger partial charge in [0.1, 0.15) is 10.6 Å². The number of anilines is 2. The number of carbonyl (C=O) groups excluding carboxylic acids is 1. The zero-order valence-corrected chi connectivity index (χ0v) is 10.8. The highest BCUT2D eigenvalue weighted by Gasteiger charge is 2.19. The molecule has 6 heteroatoms. The molecule has 94 valence electrons. The summed E-state index contributed by atoms with van der Waals surface area (Å²) in [5, 5.41) is 6.62. The van der Waals surface area contributed by atoms with Gasteiger partial charge in [-0.1, -0.05) is 19.3 Å².